The molecule has 0 unspecified atom stereocenters. The maximum atomic E-state index is 13.4. The topological polar surface area (TPSA) is 64.1 Å². The second-order valence-electron chi connectivity index (χ2n) is 6.71. The predicted molar refractivity (Wildman–Crippen MR) is 114 cm³/mol. The molecule has 5 nitrogen and oxygen atoms in total. The van der Waals surface area contributed by atoms with Crippen molar-refractivity contribution in [3.63, 3.8) is 0 Å². The maximum Gasteiger partial charge on any atom is 0.433 e. The largest absolute Gasteiger partial charge is 0.497 e. The monoisotopic (exact) mass is 447 g/mol. The quantitative estimate of drug-likeness (QED) is 0.394. The van der Waals surface area contributed by atoms with Crippen LogP contribution in [0.1, 0.15) is 18.2 Å². The number of methoxy groups -OCH3 is 1. The van der Waals surface area contributed by atoms with Gasteiger partial charge in [0.1, 0.15) is 11.4 Å². The van der Waals surface area contributed by atoms with Crippen LogP contribution >= 0.6 is 11.8 Å². The number of amides is 1. The van der Waals surface area contributed by atoms with Crippen molar-refractivity contribution in [2.75, 3.05) is 12.4 Å². The number of anilines is 1. The minimum Gasteiger partial charge on any atom is -0.497 e. The summed E-state index contributed by atoms with van der Waals surface area (Å²) in [5.74, 6) is 0.282. The number of ether oxygens (including phenoxy) is 1. The second kappa shape index (κ2) is 9.38. The van der Waals surface area contributed by atoms with E-state index >= 15 is 0 Å². The van der Waals surface area contributed by atoms with Crippen LogP contribution in [-0.2, 0) is 11.0 Å². The Bertz CT molecular complexity index is 1080. The second-order valence-corrected chi connectivity index (χ2v) is 8.02. The van der Waals surface area contributed by atoms with Gasteiger partial charge in [0.25, 0.3) is 0 Å². The van der Waals surface area contributed by atoms with Crippen molar-refractivity contribution in [1.29, 1.82) is 0 Å². The van der Waals surface area contributed by atoms with Crippen molar-refractivity contribution in [3.05, 3.63) is 65.9 Å². The number of nitrogens with zero attached hydrogens (tertiary/aromatic N) is 2. The van der Waals surface area contributed by atoms with E-state index in [1.807, 2.05) is 6.92 Å². The van der Waals surface area contributed by atoms with Gasteiger partial charge in [0.15, 0.2) is 5.16 Å². The first-order chi connectivity index (χ1) is 14.7. The van der Waals surface area contributed by atoms with Crippen molar-refractivity contribution in [1.82, 2.24) is 9.97 Å². The SMILES string of the molecule is COc1ccc(NC(=O)[C@H](C)Sc2nc(-c3ccccc3)cc(C(F)(F)F)n2)c(C)c1. The molecule has 1 aromatic heterocycles. The van der Waals surface area contributed by atoms with E-state index in [0.29, 0.717) is 17.0 Å². The molecule has 0 bridgehead atoms. The number of rotatable bonds is 6. The van der Waals surface area contributed by atoms with E-state index in [9.17, 15) is 18.0 Å². The van der Waals surface area contributed by atoms with Crippen LogP contribution < -0.4 is 10.1 Å². The number of benzene rings is 2. The lowest BCUT2D eigenvalue weighted by Gasteiger charge is -2.15. The Balaban J connectivity index is 1.83. The van der Waals surface area contributed by atoms with E-state index in [1.54, 1.807) is 62.6 Å². The molecule has 9 heteroatoms. The van der Waals surface area contributed by atoms with Crippen LogP contribution in [0.4, 0.5) is 18.9 Å². The number of hydrogen-bond acceptors (Lipinski definition) is 5. The lowest BCUT2D eigenvalue weighted by Crippen LogP contribution is -2.23. The van der Waals surface area contributed by atoms with Crippen molar-refractivity contribution >= 4 is 23.4 Å². The molecular formula is C22H20F3N3O2S. The summed E-state index contributed by atoms with van der Waals surface area (Å²) in [5.41, 5.74) is 1.01. The minimum absolute atomic E-state index is 0.122. The molecule has 1 heterocycles. The molecule has 0 aliphatic carbocycles. The molecule has 0 spiro atoms. The van der Waals surface area contributed by atoms with Crippen molar-refractivity contribution in [2.45, 2.75) is 30.4 Å². The molecule has 3 rings (SSSR count). The highest BCUT2D eigenvalue weighted by molar-refractivity contribution is 8.00. The predicted octanol–water partition coefficient (Wildman–Crippen LogP) is 5.60. The van der Waals surface area contributed by atoms with Gasteiger partial charge in [0.2, 0.25) is 5.91 Å². The van der Waals surface area contributed by atoms with Crippen LogP contribution in [0.3, 0.4) is 0 Å². The Morgan fingerprint density at radius 2 is 1.81 bits per heavy atom. The number of aryl methyl sites for hydroxylation is 1. The summed E-state index contributed by atoms with van der Waals surface area (Å²) in [6, 6.07) is 14.6. The molecule has 0 saturated carbocycles. The van der Waals surface area contributed by atoms with Gasteiger partial charge >= 0.3 is 6.18 Å². The zero-order valence-corrected chi connectivity index (χ0v) is 17.8. The summed E-state index contributed by atoms with van der Waals surface area (Å²) in [6.07, 6.45) is -4.63. The van der Waals surface area contributed by atoms with Crippen molar-refractivity contribution in [2.24, 2.45) is 0 Å². The molecule has 0 radical (unpaired) electrons. The average molecular weight is 447 g/mol. The lowest BCUT2D eigenvalue weighted by molar-refractivity contribution is -0.141. The molecule has 0 saturated heterocycles. The van der Waals surface area contributed by atoms with Gasteiger partial charge in [-0.05, 0) is 43.7 Å². The summed E-state index contributed by atoms with van der Waals surface area (Å²) in [6.45, 7) is 3.41. The zero-order chi connectivity index (χ0) is 22.6. The zero-order valence-electron chi connectivity index (χ0n) is 17.0. The molecule has 0 fully saturated rings. The van der Waals surface area contributed by atoms with Crippen LogP contribution in [0.5, 0.6) is 5.75 Å². The van der Waals surface area contributed by atoms with E-state index in [4.69, 9.17) is 4.74 Å². The van der Waals surface area contributed by atoms with Crippen LogP contribution in [0.2, 0.25) is 0 Å². The normalized spacial score (nSPS) is 12.3. The fraction of sp³-hybridized carbons (Fsp3) is 0.227. The first kappa shape index (κ1) is 22.6. The standard InChI is InChI=1S/C22H20F3N3O2S/c1-13-11-16(30-3)9-10-17(13)26-20(29)14(2)31-21-27-18(15-7-5-4-6-8-15)12-19(28-21)22(23,24)25/h4-12,14H,1-3H3,(H,26,29)/t14-/m0/s1. The molecule has 0 aliphatic rings. The van der Waals surface area contributed by atoms with Gasteiger partial charge in [-0.1, -0.05) is 42.1 Å². The number of hydrogen-bond donors (Lipinski definition) is 1. The summed E-state index contributed by atoms with van der Waals surface area (Å²) >= 11 is 0.865. The highest BCUT2D eigenvalue weighted by atomic mass is 32.2. The third-order valence-corrected chi connectivity index (χ3v) is 5.37. The molecule has 1 amide bonds. The van der Waals surface area contributed by atoms with E-state index in [1.165, 1.54) is 0 Å². The van der Waals surface area contributed by atoms with Crippen LogP contribution in [0, 0.1) is 6.92 Å². The summed E-state index contributed by atoms with van der Waals surface area (Å²) in [5, 5.41) is 1.93. The number of alkyl halides is 3. The van der Waals surface area contributed by atoms with Crippen LogP contribution in [0.25, 0.3) is 11.3 Å². The van der Waals surface area contributed by atoms with Crippen LogP contribution in [0.15, 0.2) is 59.8 Å². The number of halogens is 3. The van der Waals surface area contributed by atoms with Crippen LogP contribution in [-0.4, -0.2) is 28.2 Å². The average Bonchev–Trinajstić information content (AvgIpc) is 2.74. The number of nitrogens with one attached hydrogen (secondary N) is 1. The first-order valence-electron chi connectivity index (χ1n) is 9.31. The Hall–Kier alpha value is -3.07. The summed E-state index contributed by atoms with van der Waals surface area (Å²) < 4.78 is 45.2. The smallest absolute Gasteiger partial charge is 0.433 e. The number of thioether (sulfide) groups is 1. The summed E-state index contributed by atoms with van der Waals surface area (Å²) in [4.78, 5) is 20.5. The Morgan fingerprint density at radius 1 is 1.10 bits per heavy atom. The van der Waals surface area contributed by atoms with E-state index in [2.05, 4.69) is 15.3 Å². The van der Waals surface area contributed by atoms with Gasteiger partial charge in [-0.2, -0.15) is 13.2 Å². The van der Waals surface area contributed by atoms with Gasteiger partial charge in [-0.15, -0.1) is 0 Å². The number of aromatic nitrogens is 2. The molecule has 0 aliphatic heterocycles. The molecule has 162 valence electrons. The van der Waals surface area contributed by atoms with Gasteiger partial charge < -0.3 is 10.1 Å². The first-order valence-corrected chi connectivity index (χ1v) is 10.2. The fourth-order valence-electron chi connectivity index (χ4n) is 2.73. The number of carbonyl (C=O) groups excluding carboxylic acids is 1. The van der Waals surface area contributed by atoms with Crippen molar-refractivity contribution in [3.8, 4) is 17.0 Å². The highest BCUT2D eigenvalue weighted by Crippen LogP contribution is 2.33. The third-order valence-electron chi connectivity index (χ3n) is 4.41. The van der Waals surface area contributed by atoms with Gasteiger partial charge in [-0.25, -0.2) is 9.97 Å². The van der Waals surface area contributed by atoms with E-state index in [-0.39, 0.29) is 16.8 Å². The van der Waals surface area contributed by atoms with E-state index in [0.717, 1.165) is 23.4 Å². The Labute approximate surface area is 182 Å². The van der Waals surface area contributed by atoms with Gasteiger partial charge in [0.05, 0.1) is 18.1 Å². The Morgan fingerprint density at radius 3 is 2.42 bits per heavy atom. The van der Waals surface area contributed by atoms with E-state index < -0.39 is 17.1 Å². The third kappa shape index (κ3) is 5.75. The number of carbonyl (C=O) groups is 1. The lowest BCUT2D eigenvalue weighted by atomic mass is 10.1. The molecule has 1 atom stereocenters. The molecule has 1 N–H and O–H groups in total. The fourth-order valence-corrected chi connectivity index (χ4v) is 3.51. The highest BCUT2D eigenvalue weighted by Gasteiger charge is 2.34. The Kier molecular flexibility index (Phi) is 6.84. The molecule has 2 aromatic carbocycles. The van der Waals surface area contributed by atoms with Gasteiger partial charge in [0, 0.05) is 11.3 Å². The molecule has 31 heavy (non-hydrogen) atoms. The minimum atomic E-state index is -4.63. The molecule has 3 aromatic rings. The molecular weight excluding hydrogens is 427 g/mol. The van der Waals surface area contributed by atoms with Crippen molar-refractivity contribution < 1.29 is 22.7 Å². The maximum absolute atomic E-state index is 13.4. The van der Waals surface area contributed by atoms with Gasteiger partial charge in [-0.3, -0.25) is 4.79 Å². The summed E-state index contributed by atoms with van der Waals surface area (Å²) in [7, 11) is 1.55.